The van der Waals surface area contributed by atoms with Gasteiger partial charge in [0, 0.05) is 18.8 Å². The van der Waals surface area contributed by atoms with Gasteiger partial charge in [-0.1, -0.05) is 0 Å². The van der Waals surface area contributed by atoms with E-state index < -0.39 is 17.1 Å². The van der Waals surface area contributed by atoms with E-state index in [1.807, 2.05) is 20.8 Å². The van der Waals surface area contributed by atoms with Crippen LogP contribution in [0, 0.1) is 0 Å². The summed E-state index contributed by atoms with van der Waals surface area (Å²) in [4.78, 5) is 26.6. The summed E-state index contributed by atoms with van der Waals surface area (Å²) < 4.78 is 10.7. The van der Waals surface area contributed by atoms with Crippen LogP contribution < -0.4 is 15.8 Å². The number of hydrogen-bond donors (Lipinski definition) is 2. The summed E-state index contributed by atoms with van der Waals surface area (Å²) in [5.41, 5.74) is 6.56. The van der Waals surface area contributed by atoms with Gasteiger partial charge >= 0.3 is 6.09 Å². The Morgan fingerprint density at radius 3 is 2.71 bits per heavy atom. The highest BCUT2D eigenvalue weighted by atomic mass is 16.6. The van der Waals surface area contributed by atoms with E-state index in [-0.39, 0.29) is 12.5 Å². The van der Waals surface area contributed by atoms with Gasteiger partial charge in [-0.2, -0.15) is 0 Å². The molecule has 1 spiro atoms. The molecule has 0 bridgehead atoms. The summed E-state index contributed by atoms with van der Waals surface area (Å²) in [7, 11) is 1.54. The van der Waals surface area contributed by atoms with Crippen molar-refractivity contribution in [2.45, 2.75) is 38.2 Å². The second-order valence-electron chi connectivity index (χ2n) is 7.33. The number of nitrogens with zero attached hydrogens (tertiary/aromatic N) is 1. The number of nitrogens with two attached hydrogens (primary N) is 1. The van der Waals surface area contributed by atoms with Crippen LogP contribution in [-0.2, 0) is 14.9 Å². The fraction of sp³-hybridized carbons (Fsp3) is 0.529. The SMILES string of the molecule is COc1cc2c(cc1N)NC(=O)[C@]21CCN(C(=O)OC(C)(C)C)C1. The average Bonchev–Trinajstić information content (AvgIpc) is 3.01. The van der Waals surface area contributed by atoms with E-state index in [1.54, 1.807) is 17.0 Å². The number of ether oxygens (including phenoxy) is 2. The largest absolute Gasteiger partial charge is 0.495 e. The van der Waals surface area contributed by atoms with Gasteiger partial charge in [-0.05, 0) is 44.9 Å². The molecule has 0 unspecified atom stereocenters. The quantitative estimate of drug-likeness (QED) is 0.768. The molecule has 2 aliphatic rings. The summed E-state index contributed by atoms with van der Waals surface area (Å²) in [5, 5.41) is 2.88. The van der Waals surface area contributed by atoms with Crippen LogP contribution in [0.25, 0.3) is 0 Å². The highest BCUT2D eigenvalue weighted by Gasteiger charge is 2.53. The Bertz CT molecular complexity index is 711. The van der Waals surface area contributed by atoms with Crippen molar-refractivity contribution in [3.8, 4) is 5.75 Å². The third-order valence-electron chi connectivity index (χ3n) is 4.49. The molecule has 1 aromatic carbocycles. The Labute approximate surface area is 141 Å². The molecule has 3 N–H and O–H groups in total. The predicted molar refractivity (Wildman–Crippen MR) is 90.1 cm³/mol. The van der Waals surface area contributed by atoms with E-state index in [0.717, 1.165) is 5.56 Å². The van der Waals surface area contributed by atoms with Crippen LogP contribution in [0.15, 0.2) is 12.1 Å². The lowest BCUT2D eigenvalue weighted by Crippen LogP contribution is -2.41. The maximum absolute atomic E-state index is 12.6. The minimum Gasteiger partial charge on any atom is -0.495 e. The Hall–Kier alpha value is -2.44. The molecule has 7 heteroatoms. The standard InChI is InChI=1S/C17H23N3O4/c1-16(2,3)24-15(22)20-6-5-17(9-20)10-7-13(23-4)11(18)8-12(10)19-14(17)21/h7-8H,5-6,9,18H2,1-4H3,(H,19,21)/t17-/m0/s1. The number of amides is 2. The van der Waals surface area contributed by atoms with Crippen molar-refractivity contribution in [1.82, 2.24) is 4.90 Å². The van der Waals surface area contributed by atoms with Crippen molar-refractivity contribution in [1.29, 1.82) is 0 Å². The van der Waals surface area contributed by atoms with Gasteiger partial charge in [0.15, 0.2) is 0 Å². The van der Waals surface area contributed by atoms with Crippen molar-refractivity contribution >= 4 is 23.4 Å². The van der Waals surface area contributed by atoms with Gasteiger partial charge in [-0.25, -0.2) is 4.79 Å². The number of hydrogen-bond acceptors (Lipinski definition) is 5. The number of carbonyl (C=O) groups is 2. The molecule has 3 rings (SSSR count). The van der Waals surface area contributed by atoms with E-state index in [2.05, 4.69) is 5.32 Å². The molecule has 1 atom stereocenters. The minimum atomic E-state index is -0.771. The van der Waals surface area contributed by atoms with Crippen LogP contribution in [0.5, 0.6) is 5.75 Å². The molecule has 0 radical (unpaired) electrons. The molecule has 2 amide bonds. The summed E-state index contributed by atoms with van der Waals surface area (Å²) in [5.74, 6) is 0.413. The molecule has 0 aromatic heterocycles. The number of nitrogen functional groups attached to an aromatic ring is 1. The zero-order chi connectivity index (χ0) is 17.7. The second-order valence-corrected chi connectivity index (χ2v) is 7.33. The first-order chi connectivity index (χ1) is 11.2. The molecule has 130 valence electrons. The molecule has 1 fully saturated rings. The van der Waals surface area contributed by atoms with Crippen LogP contribution in [-0.4, -0.2) is 42.7 Å². The van der Waals surface area contributed by atoms with Crippen molar-refractivity contribution < 1.29 is 19.1 Å². The van der Waals surface area contributed by atoms with Crippen LogP contribution in [0.1, 0.15) is 32.8 Å². The maximum Gasteiger partial charge on any atom is 0.410 e. The fourth-order valence-electron chi connectivity index (χ4n) is 3.33. The van der Waals surface area contributed by atoms with Crippen molar-refractivity contribution in [2.24, 2.45) is 0 Å². The highest BCUT2D eigenvalue weighted by molar-refractivity contribution is 6.07. The Morgan fingerprint density at radius 1 is 1.38 bits per heavy atom. The van der Waals surface area contributed by atoms with Gasteiger partial charge in [0.2, 0.25) is 5.91 Å². The lowest BCUT2D eigenvalue weighted by molar-refractivity contribution is -0.120. The van der Waals surface area contributed by atoms with Gasteiger partial charge in [0.1, 0.15) is 11.4 Å². The highest BCUT2D eigenvalue weighted by Crippen LogP contribution is 2.47. The normalized spacial score (nSPS) is 22.5. The van der Waals surface area contributed by atoms with Crippen LogP contribution in [0.3, 0.4) is 0 Å². The van der Waals surface area contributed by atoms with Crippen LogP contribution in [0.2, 0.25) is 0 Å². The summed E-state index contributed by atoms with van der Waals surface area (Å²) in [6, 6.07) is 3.50. The average molecular weight is 333 g/mol. The number of likely N-dealkylation sites (tertiary alicyclic amines) is 1. The molecule has 24 heavy (non-hydrogen) atoms. The molecular formula is C17H23N3O4. The van der Waals surface area contributed by atoms with E-state index in [1.165, 1.54) is 7.11 Å². The monoisotopic (exact) mass is 333 g/mol. The second kappa shape index (κ2) is 5.29. The van der Waals surface area contributed by atoms with Crippen LogP contribution in [0.4, 0.5) is 16.2 Å². The van der Waals surface area contributed by atoms with Gasteiger partial charge in [0.05, 0.1) is 18.2 Å². The van der Waals surface area contributed by atoms with Crippen molar-refractivity contribution in [3.05, 3.63) is 17.7 Å². The molecule has 2 aliphatic heterocycles. The number of benzene rings is 1. The zero-order valence-electron chi connectivity index (χ0n) is 14.4. The molecule has 1 saturated heterocycles. The molecule has 7 nitrogen and oxygen atoms in total. The third-order valence-corrected chi connectivity index (χ3v) is 4.49. The smallest absolute Gasteiger partial charge is 0.410 e. The first-order valence-electron chi connectivity index (χ1n) is 7.94. The molecule has 0 saturated carbocycles. The number of carbonyl (C=O) groups excluding carboxylic acids is 2. The number of fused-ring (bicyclic) bond motifs is 2. The van der Waals surface area contributed by atoms with Crippen molar-refractivity contribution in [2.75, 3.05) is 31.2 Å². The van der Waals surface area contributed by atoms with E-state index >= 15 is 0 Å². The first kappa shape index (κ1) is 16.4. The number of methoxy groups -OCH3 is 1. The van der Waals surface area contributed by atoms with Gasteiger partial charge in [-0.3, -0.25) is 4.79 Å². The van der Waals surface area contributed by atoms with E-state index in [9.17, 15) is 9.59 Å². The minimum absolute atomic E-state index is 0.115. The predicted octanol–water partition coefficient (Wildman–Crippen LogP) is 2.11. The topological polar surface area (TPSA) is 93.9 Å². The van der Waals surface area contributed by atoms with Crippen molar-refractivity contribution in [3.63, 3.8) is 0 Å². The summed E-state index contributed by atoms with van der Waals surface area (Å²) in [6.07, 6.45) is 0.140. The number of rotatable bonds is 1. The van der Waals surface area contributed by atoms with Crippen LogP contribution >= 0.6 is 0 Å². The summed E-state index contributed by atoms with van der Waals surface area (Å²) >= 11 is 0. The lowest BCUT2D eigenvalue weighted by atomic mass is 9.80. The van der Waals surface area contributed by atoms with E-state index in [0.29, 0.717) is 30.1 Å². The molecular weight excluding hydrogens is 310 g/mol. The molecule has 2 heterocycles. The van der Waals surface area contributed by atoms with Gasteiger partial charge in [-0.15, -0.1) is 0 Å². The Balaban J connectivity index is 1.91. The Morgan fingerprint density at radius 2 is 2.08 bits per heavy atom. The third kappa shape index (κ3) is 2.53. The van der Waals surface area contributed by atoms with Gasteiger partial charge in [0.25, 0.3) is 0 Å². The van der Waals surface area contributed by atoms with Gasteiger partial charge < -0.3 is 25.4 Å². The fourth-order valence-corrected chi connectivity index (χ4v) is 3.33. The zero-order valence-corrected chi connectivity index (χ0v) is 14.4. The Kier molecular flexibility index (Phi) is 3.62. The lowest BCUT2D eigenvalue weighted by Gasteiger charge is -2.26. The molecule has 1 aromatic rings. The number of anilines is 2. The first-order valence-corrected chi connectivity index (χ1v) is 7.94. The number of nitrogens with one attached hydrogen (secondary N) is 1. The summed E-state index contributed by atoms with van der Waals surface area (Å²) in [6.45, 7) is 6.22. The molecule has 0 aliphatic carbocycles. The maximum atomic E-state index is 12.6. The van der Waals surface area contributed by atoms with E-state index in [4.69, 9.17) is 15.2 Å².